The summed E-state index contributed by atoms with van der Waals surface area (Å²) < 4.78 is 5.62. The number of aliphatic hydroxyl groups excluding tert-OH is 1. The number of nitrogens with one attached hydrogen (secondary N) is 1. The molecule has 0 spiro atoms. The van der Waals surface area contributed by atoms with E-state index in [0.29, 0.717) is 23.8 Å². The molecule has 0 saturated heterocycles. The molecule has 5 heteroatoms. The van der Waals surface area contributed by atoms with Crippen LogP contribution in [0.3, 0.4) is 0 Å². The van der Waals surface area contributed by atoms with Gasteiger partial charge in [-0.1, -0.05) is 26.0 Å². The lowest BCUT2D eigenvalue weighted by Gasteiger charge is -2.10. The monoisotopic (exact) mass is 314 g/mol. The van der Waals surface area contributed by atoms with Crippen LogP contribution in [-0.2, 0) is 17.8 Å². The SMILES string of the molecule is CC(C)COc1ccc(CC(=O)Nc2cnccc2CO)cc1. The standard InChI is InChI=1S/C18H22N2O3/c1-13(2)12-23-16-5-3-14(4-6-16)9-18(22)20-17-10-19-8-7-15(17)11-21/h3-8,10,13,21H,9,11-12H2,1-2H3,(H,20,22). The Morgan fingerprint density at radius 2 is 2.00 bits per heavy atom. The molecule has 1 aromatic carbocycles. The molecule has 2 rings (SSSR count). The lowest BCUT2D eigenvalue weighted by atomic mass is 10.1. The number of rotatable bonds is 7. The Labute approximate surface area is 136 Å². The number of anilines is 1. The number of amides is 1. The van der Waals surface area contributed by atoms with Gasteiger partial charge in [0.1, 0.15) is 5.75 Å². The molecule has 0 bridgehead atoms. The molecule has 23 heavy (non-hydrogen) atoms. The molecule has 0 aliphatic rings. The zero-order valence-corrected chi connectivity index (χ0v) is 13.5. The maximum Gasteiger partial charge on any atom is 0.228 e. The quantitative estimate of drug-likeness (QED) is 0.824. The third-order valence-electron chi connectivity index (χ3n) is 3.23. The van der Waals surface area contributed by atoms with E-state index in [1.807, 2.05) is 24.3 Å². The van der Waals surface area contributed by atoms with Gasteiger partial charge in [0.2, 0.25) is 5.91 Å². The van der Waals surface area contributed by atoms with Gasteiger partial charge in [-0.05, 0) is 29.7 Å². The Hall–Kier alpha value is -2.40. The number of carbonyl (C=O) groups is 1. The van der Waals surface area contributed by atoms with Crippen LogP contribution in [0.25, 0.3) is 0 Å². The fourth-order valence-corrected chi connectivity index (χ4v) is 2.02. The van der Waals surface area contributed by atoms with Crippen molar-refractivity contribution in [3.8, 4) is 5.75 Å². The lowest BCUT2D eigenvalue weighted by molar-refractivity contribution is -0.115. The van der Waals surface area contributed by atoms with Crippen molar-refractivity contribution in [2.75, 3.05) is 11.9 Å². The number of nitrogens with zero attached hydrogens (tertiary/aromatic N) is 1. The molecule has 0 aliphatic carbocycles. The molecule has 1 aromatic heterocycles. The van der Waals surface area contributed by atoms with Gasteiger partial charge in [0.05, 0.1) is 31.5 Å². The summed E-state index contributed by atoms with van der Waals surface area (Å²) in [6.45, 7) is 4.72. The van der Waals surface area contributed by atoms with Gasteiger partial charge < -0.3 is 15.2 Å². The maximum absolute atomic E-state index is 12.1. The summed E-state index contributed by atoms with van der Waals surface area (Å²) >= 11 is 0. The highest BCUT2D eigenvalue weighted by Crippen LogP contribution is 2.16. The van der Waals surface area contributed by atoms with E-state index in [1.54, 1.807) is 12.3 Å². The van der Waals surface area contributed by atoms with Crippen LogP contribution >= 0.6 is 0 Å². The van der Waals surface area contributed by atoms with Crippen molar-refractivity contribution in [1.82, 2.24) is 4.98 Å². The van der Waals surface area contributed by atoms with Crippen molar-refractivity contribution in [1.29, 1.82) is 0 Å². The van der Waals surface area contributed by atoms with Gasteiger partial charge in [-0.15, -0.1) is 0 Å². The molecule has 122 valence electrons. The Bertz CT molecular complexity index is 639. The fraction of sp³-hybridized carbons (Fsp3) is 0.333. The van der Waals surface area contributed by atoms with Gasteiger partial charge in [0, 0.05) is 11.8 Å². The molecular formula is C18H22N2O3. The second-order valence-electron chi connectivity index (χ2n) is 5.76. The first-order valence-corrected chi connectivity index (χ1v) is 7.64. The highest BCUT2D eigenvalue weighted by atomic mass is 16.5. The average molecular weight is 314 g/mol. The summed E-state index contributed by atoms with van der Waals surface area (Å²) in [6.07, 6.45) is 3.37. The zero-order chi connectivity index (χ0) is 16.7. The first-order valence-electron chi connectivity index (χ1n) is 7.64. The minimum absolute atomic E-state index is 0.139. The molecule has 0 radical (unpaired) electrons. The van der Waals surface area contributed by atoms with Crippen LogP contribution in [0.4, 0.5) is 5.69 Å². The van der Waals surface area contributed by atoms with Crippen molar-refractivity contribution in [2.24, 2.45) is 5.92 Å². The maximum atomic E-state index is 12.1. The number of hydrogen-bond acceptors (Lipinski definition) is 4. The van der Waals surface area contributed by atoms with Crippen molar-refractivity contribution >= 4 is 11.6 Å². The number of aromatic nitrogens is 1. The molecule has 0 aliphatic heterocycles. The highest BCUT2D eigenvalue weighted by molar-refractivity contribution is 5.92. The third-order valence-corrected chi connectivity index (χ3v) is 3.23. The smallest absolute Gasteiger partial charge is 0.228 e. The van der Waals surface area contributed by atoms with Crippen LogP contribution in [-0.4, -0.2) is 22.6 Å². The topological polar surface area (TPSA) is 71.5 Å². The summed E-state index contributed by atoms with van der Waals surface area (Å²) in [5.74, 6) is 1.13. The number of aliphatic hydroxyl groups is 1. The normalized spacial score (nSPS) is 10.6. The van der Waals surface area contributed by atoms with E-state index in [2.05, 4.69) is 24.1 Å². The molecule has 2 N–H and O–H groups in total. The molecule has 5 nitrogen and oxygen atoms in total. The van der Waals surface area contributed by atoms with Crippen molar-refractivity contribution in [3.05, 3.63) is 53.9 Å². The molecule has 0 unspecified atom stereocenters. The lowest BCUT2D eigenvalue weighted by Crippen LogP contribution is -2.15. The number of hydrogen-bond donors (Lipinski definition) is 2. The largest absolute Gasteiger partial charge is 0.493 e. The molecule has 2 aromatic rings. The minimum Gasteiger partial charge on any atom is -0.493 e. The van der Waals surface area contributed by atoms with E-state index >= 15 is 0 Å². The first-order chi connectivity index (χ1) is 11.1. The van der Waals surface area contributed by atoms with Gasteiger partial charge in [0.15, 0.2) is 0 Å². The van der Waals surface area contributed by atoms with E-state index < -0.39 is 0 Å². The summed E-state index contributed by atoms with van der Waals surface area (Å²) in [4.78, 5) is 16.1. The number of ether oxygens (including phenoxy) is 1. The molecule has 0 saturated carbocycles. The summed E-state index contributed by atoms with van der Waals surface area (Å²) in [7, 11) is 0. The van der Waals surface area contributed by atoms with Crippen LogP contribution in [0.1, 0.15) is 25.0 Å². The van der Waals surface area contributed by atoms with Crippen LogP contribution in [0.2, 0.25) is 0 Å². The third kappa shape index (κ3) is 5.38. The van der Waals surface area contributed by atoms with Crippen molar-refractivity contribution in [3.63, 3.8) is 0 Å². The average Bonchev–Trinajstić information content (AvgIpc) is 2.54. The fourth-order valence-electron chi connectivity index (χ4n) is 2.02. The number of carbonyl (C=O) groups excluding carboxylic acids is 1. The zero-order valence-electron chi connectivity index (χ0n) is 13.5. The van der Waals surface area contributed by atoms with Crippen LogP contribution in [0.15, 0.2) is 42.7 Å². The van der Waals surface area contributed by atoms with Gasteiger partial charge in [-0.25, -0.2) is 0 Å². The molecule has 1 heterocycles. The van der Waals surface area contributed by atoms with Gasteiger partial charge >= 0.3 is 0 Å². The Balaban J connectivity index is 1.92. The summed E-state index contributed by atoms with van der Waals surface area (Å²) in [5, 5.41) is 12.0. The predicted octanol–water partition coefficient (Wildman–Crippen LogP) is 2.79. The van der Waals surface area contributed by atoms with Gasteiger partial charge in [-0.3, -0.25) is 9.78 Å². The number of pyridine rings is 1. The number of benzene rings is 1. The second-order valence-corrected chi connectivity index (χ2v) is 5.76. The molecule has 0 atom stereocenters. The van der Waals surface area contributed by atoms with Crippen LogP contribution in [0, 0.1) is 5.92 Å². The molecule has 1 amide bonds. The Kier molecular flexibility index (Phi) is 6.11. The second kappa shape index (κ2) is 8.29. The Morgan fingerprint density at radius 1 is 1.26 bits per heavy atom. The van der Waals surface area contributed by atoms with Crippen LogP contribution in [0.5, 0.6) is 5.75 Å². The van der Waals surface area contributed by atoms with Crippen molar-refractivity contribution in [2.45, 2.75) is 26.9 Å². The van der Waals surface area contributed by atoms with E-state index in [4.69, 9.17) is 4.74 Å². The highest BCUT2D eigenvalue weighted by Gasteiger charge is 2.08. The van der Waals surface area contributed by atoms with Crippen LogP contribution < -0.4 is 10.1 Å². The van der Waals surface area contributed by atoms with E-state index in [0.717, 1.165) is 11.3 Å². The van der Waals surface area contributed by atoms with Gasteiger partial charge in [0.25, 0.3) is 0 Å². The molecule has 0 fully saturated rings. The summed E-state index contributed by atoms with van der Waals surface area (Å²) in [6, 6.07) is 9.18. The van der Waals surface area contributed by atoms with E-state index in [9.17, 15) is 9.90 Å². The molecular weight excluding hydrogens is 292 g/mol. The van der Waals surface area contributed by atoms with E-state index in [-0.39, 0.29) is 18.9 Å². The predicted molar refractivity (Wildman–Crippen MR) is 89.3 cm³/mol. The van der Waals surface area contributed by atoms with Crippen molar-refractivity contribution < 1.29 is 14.6 Å². The Morgan fingerprint density at radius 3 is 2.65 bits per heavy atom. The van der Waals surface area contributed by atoms with Gasteiger partial charge in [-0.2, -0.15) is 0 Å². The first kappa shape index (κ1) is 17.0. The van der Waals surface area contributed by atoms with E-state index in [1.165, 1.54) is 6.20 Å². The summed E-state index contributed by atoms with van der Waals surface area (Å²) in [5.41, 5.74) is 2.08. The minimum atomic E-state index is -0.149.